The summed E-state index contributed by atoms with van der Waals surface area (Å²) in [6.45, 7) is 1.55. The summed E-state index contributed by atoms with van der Waals surface area (Å²) in [6.07, 6.45) is 0. The Morgan fingerprint density at radius 2 is 1.96 bits per heavy atom. The molecule has 0 aliphatic carbocycles. The fraction of sp³-hybridized carbons (Fsp3) is 0.125. The van der Waals surface area contributed by atoms with E-state index < -0.39 is 15.7 Å². The molecule has 1 heterocycles. The Hall–Kier alpha value is -1.77. The molecule has 2 aromatic carbocycles. The fourth-order valence-corrected chi connectivity index (χ4v) is 4.78. The van der Waals surface area contributed by atoms with E-state index in [0.717, 1.165) is 14.7 Å². The van der Waals surface area contributed by atoms with Gasteiger partial charge in [-0.15, -0.1) is 0 Å². The molecule has 0 aliphatic rings. The van der Waals surface area contributed by atoms with Crippen LogP contribution in [-0.4, -0.2) is 25.1 Å². The molecule has 24 heavy (non-hydrogen) atoms. The van der Waals surface area contributed by atoms with E-state index in [1.165, 1.54) is 23.5 Å². The molecule has 0 aliphatic heterocycles. The average molecular weight is 425 g/mol. The van der Waals surface area contributed by atoms with Crippen molar-refractivity contribution < 1.29 is 13.2 Å². The third-order valence-electron chi connectivity index (χ3n) is 3.44. The summed E-state index contributed by atoms with van der Waals surface area (Å²) in [4.78, 5) is 17.0. The minimum atomic E-state index is -3.48. The molecule has 3 aromatic rings. The molecule has 124 valence electrons. The Bertz CT molecular complexity index is 1030. The number of sulfone groups is 1. The average Bonchev–Trinajstić information content (AvgIpc) is 2.99. The van der Waals surface area contributed by atoms with E-state index in [0.29, 0.717) is 5.13 Å². The summed E-state index contributed by atoms with van der Waals surface area (Å²) in [5, 5.41) is 3.12. The van der Waals surface area contributed by atoms with E-state index in [-0.39, 0.29) is 16.2 Å². The van der Waals surface area contributed by atoms with E-state index in [1.807, 2.05) is 18.2 Å². The lowest BCUT2D eigenvalue weighted by Crippen LogP contribution is -2.17. The summed E-state index contributed by atoms with van der Waals surface area (Å²) in [6, 6.07) is 11.9. The van der Waals surface area contributed by atoms with Crippen LogP contribution in [0.2, 0.25) is 0 Å². The van der Waals surface area contributed by atoms with E-state index in [4.69, 9.17) is 0 Å². The Labute approximate surface area is 151 Å². The lowest BCUT2D eigenvalue weighted by molar-refractivity contribution is 0.102. The number of nitrogens with zero attached hydrogens (tertiary/aromatic N) is 1. The molecule has 0 radical (unpaired) electrons. The van der Waals surface area contributed by atoms with Crippen LogP contribution in [0.5, 0.6) is 0 Å². The first kappa shape index (κ1) is 17.1. The molecule has 0 bridgehead atoms. The first-order chi connectivity index (χ1) is 11.4. The SMILES string of the molecule is CCS(=O)(=O)c1ccccc1C(=O)Nc1nc2c(Br)cccc2s1. The number of para-hydroxylation sites is 1. The molecule has 0 unspecified atom stereocenters. The summed E-state index contributed by atoms with van der Waals surface area (Å²) in [5.41, 5.74) is 0.880. The van der Waals surface area contributed by atoms with Crippen LogP contribution >= 0.6 is 27.3 Å². The highest BCUT2D eigenvalue weighted by molar-refractivity contribution is 9.10. The largest absolute Gasteiger partial charge is 0.298 e. The Balaban J connectivity index is 1.97. The van der Waals surface area contributed by atoms with Crippen LogP contribution < -0.4 is 5.32 Å². The number of nitrogens with one attached hydrogen (secondary N) is 1. The van der Waals surface area contributed by atoms with Gasteiger partial charge in [-0.25, -0.2) is 13.4 Å². The highest BCUT2D eigenvalue weighted by atomic mass is 79.9. The minimum Gasteiger partial charge on any atom is -0.298 e. The summed E-state index contributed by atoms with van der Waals surface area (Å²) < 4.78 is 26.1. The third kappa shape index (κ3) is 3.22. The molecule has 1 N–H and O–H groups in total. The molecule has 3 rings (SSSR count). The quantitative estimate of drug-likeness (QED) is 0.683. The molecular formula is C16H13BrN2O3S2. The van der Waals surface area contributed by atoms with Gasteiger partial charge in [0.25, 0.3) is 5.91 Å². The number of hydrogen-bond acceptors (Lipinski definition) is 5. The van der Waals surface area contributed by atoms with E-state index in [1.54, 1.807) is 19.1 Å². The molecule has 8 heteroatoms. The number of fused-ring (bicyclic) bond motifs is 1. The van der Waals surface area contributed by atoms with Crippen LogP contribution in [0, 0.1) is 0 Å². The van der Waals surface area contributed by atoms with Crippen LogP contribution in [0.25, 0.3) is 10.2 Å². The van der Waals surface area contributed by atoms with Crippen LogP contribution in [0.3, 0.4) is 0 Å². The second-order valence-electron chi connectivity index (χ2n) is 4.96. The number of hydrogen-bond donors (Lipinski definition) is 1. The molecule has 1 amide bonds. The van der Waals surface area contributed by atoms with Crippen molar-refractivity contribution in [3.63, 3.8) is 0 Å². The van der Waals surface area contributed by atoms with Gasteiger partial charge in [-0.1, -0.05) is 36.5 Å². The number of anilines is 1. The van der Waals surface area contributed by atoms with Crippen LogP contribution in [-0.2, 0) is 9.84 Å². The Kier molecular flexibility index (Phi) is 4.71. The monoisotopic (exact) mass is 424 g/mol. The van der Waals surface area contributed by atoms with Gasteiger partial charge >= 0.3 is 0 Å². The molecule has 5 nitrogen and oxygen atoms in total. The number of carbonyl (C=O) groups is 1. The molecular weight excluding hydrogens is 412 g/mol. The van der Waals surface area contributed by atoms with E-state index in [2.05, 4.69) is 26.2 Å². The number of halogens is 1. The zero-order valence-corrected chi connectivity index (χ0v) is 15.8. The number of rotatable bonds is 4. The third-order valence-corrected chi connectivity index (χ3v) is 6.80. The second-order valence-corrected chi connectivity index (χ2v) is 9.09. The Morgan fingerprint density at radius 1 is 1.21 bits per heavy atom. The van der Waals surface area contributed by atoms with Crippen molar-refractivity contribution >= 4 is 58.4 Å². The maximum absolute atomic E-state index is 12.5. The zero-order valence-electron chi connectivity index (χ0n) is 12.6. The normalized spacial score (nSPS) is 11.6. The highest BCUT2D eigenvalue weighted by Gasteiger charge is 2.21. The molecule has 0 atom stereocenters. The van der Waals surface area contributed by atoms with Gasteiger partial charge in [0.1, 0.15) is 0 Å². The Morgan fingerprint density at radius 3 is 2.67 bits per heavy atom. The predicted octanol–water partition coefficient (Wildman–Crippen LogP) is 4.10. The number of amides is 1. The number of thiazole rings is 1. The fourth-order valence-electron chi connectivity index (χ4n) is 2.21. The standard InChI is InChI=1S/C16H13BrN2O3S2/c1-2-24(21,22)13-9-4-3-6-10(13)15(20)19-16-18-14-11(17)7-5-8-12(14)23-16/h3-9H,2H2,1H3,(H,18,19,20). The van der Waals surface area contributed by atoms with Gasteiger partial charge in [0.2, 0.25) is 0 Å². The van der Waals surface area contributed by atoms with Gasteiger partial charge in [0, 0.05) is 4.47 Å². The van der Waals surface area contributed by atoms with Gasteiger partial charge in [-0.05, 0) is 40.2 Å². The smallest absolute Gasteiger partial charge is 0.258 e. The van der Waals surface area contributed by atoms with Crippen molar-refractivity contribution in [3.05, 3.63) is 52.5 Å². The minimum absolute atomic E-state index is 0.0345. The molecule has 0 spiro atoms. The predicted molar refractivity (Wildman–Crippen MR) is 99.4 cm³/mol. The van der Waals surface area contributed by atoms with E-state index in [9.17, 15) is 13.2 Å². The maximum atomic E-state index is 12.5. The number of benzene rings is 2. The lowest BCUT2D eigenvalue weighted by atomic mass is 10.2. The second kappa shape index (κ2) is 6.62. The summed E-state index contributed by atoms with van der Waals surface area (Å²) >= 11 is 4.75. The van der Waals surface area contributed by atoms with Crippen LogP contribution in [0.1, 0.15) is 17.3 Å². The van der Waals surface area contributed by atoms with Crippen molar-refractivity contribution in [1.29, 1.82) is 0 Å². The van der Waals surface area contributed by atoms with E-state index >= 15 is 0 Å². The number of aromatic nitrogens is 1. The van der Waals surface area contributed by atoms with Crippen molar-refractivity contribution in [2.24, 2.45) is 0 Å². The van der Waals surface area contributed by atoms with Crippen molar-refractivity contribution in [3.8, 4) is 0 Å². The van der Waals surface area contributed by atoms with Crippen LogP contribution in [0.15, 0.2) is 51.8 Å². The maximum Gasteiger partial charge on any atom is 0.258 e. The van der Waals surface area contributed by atoms with Gasteiger partial charge in [0.05, 0.1) is 26.4 Å². The first-order valence-electron chi connectivity index (χ1n) is 7.10. The van der Waals surface area contributed by atoms with Crippen molar-refractivity contribution in [2.75, 3.05) is 11.1 Å². The summed E-state index contributed by atoms with van der Waals surface area (Å²) in [7, 11) is -3.48. The molecule has 0 saturated heterocycles. The summed E-state index contributed by atoms with van der Waals surface area (Å²) in [5.74, 6) is -0.552. The van der Waals surface area contributed by atoms with Crippen LogP contribution in [0.4, 0.5) is 5.13 Å². The highest BCUT2D eigenvalue weighted by Crippen LogP contribution is 2.31. The number of carbonyl (C=O) groups excluding carboxylic acids is 1. The lowest BCUT2D eigenvalue weighted by Gasteiger charge is -2.08. The van der Waals surface area contributed by atoms with Gasteiger partial charge in [0.15, 0.2) is 15.0 Å². The zero-order chi connectivity index (χ0) is 17.3. The van der Waals surface area contributed by atoms with Gasteiger partial charge in [-0.3, -0.25) is 10.1 Å². The molecule has 1 aromatic heterocycles. The van der Waals surface area contributed by atoms with Gasteiger partial charge < -0.3 is 0 Å². The van der Waals surface area contributed by atoms with Crippen molar-refractivity contribution in [2.45, 2.75) is 11.8 Å². The molecule has 0 saturated carbocycles. The van der Waals surface area contributed by atoms with Gasteiger partial charge in [-0.2, -0.15) is 0 Å². The topological polar surface area (TPSA) is 76.1 Å². The molecule has 0 fully saturated rings. The first-order valence-corrected chi connectivity index (χ1v) is 10.4. The van der Waals surface area contributed by atoms with Crippen molar-refractivity contribution in [1.82, 2.24) is 4.98 Å².